The van der Waals surface area contributed by atoms with Gasteiger partial charge in [0.2, 0.25) is 0 Å². The first-order valence-corrected chi connectivity index (χ1v) is 6.03. The van der Waals surface area contributed by atoms with Crippen LogP contribution < -0.4 is 15.8 Å². The second kappa shape index (κ2) is 7.74. The SMILES string of the molecule is C=C(C)COc1ccc(NCCCCN)cc1. The maximum Gasteiger partial charge on any atom is 0.119 e. The molecule has 0 spiro atoms. The molecule has 0 atom stereocenters. The number of nitrogens with two attached hydrogens (primary N) is 1. The molecule has 0 aliphatic heterocycles. The van der Waals surface area contributed by atoms with E-state index < -0.39 is 0 Å². The second-order valence-corrected chi connectivity index (χ2v) is 4.19. The number of rotatable bonds is 8. The van der Waals surface area contributed by atoms with E-state index in [0.717, 1.165) is 42.9 Å². The van der Waals surface area contributed by atoms with E-state index in [2.05, 4.69) is 11.9 Å². The molecule has 0 radical (unpaired) electrons. The lowest BCUT2D eigenvalue weighted by Crippen LogP contribution is -2.05. The van der Waals surface area contributed by atoms with Gasteiger partial charge in [-0.3, -0.25) is 0 Å². The predicted octanol–water partition coefficient (Wildman–Crippen LogP) is 2.79. The Labute approximate surface area is 104 Å². The van der Waals surface area contributed by atoms with E-state index in [-0.39, 0.29) is 0 Å². The smallest absolute Gasteiger partial charge is 0.119 e. The highest BCUT2D eigenvalue weighted by Gasteiger charge is 1.95. The van der Waals surface area contributed by atoms with E-state index >= 15 is 0 Å². The summed E-state index contributed by atoms with van der Waals surface area (Å²) in [6, 6.07) is 7.98. The van der Waals surface area contributed by atoms with Crippen LogP contribution in [0.15, 0.2) is 36.4 Å². The van der Waals surface area contributed by atoms with Gasteiger partial charge in [-0.2, -0.15) is 0 Å². The van der Waals surface area contributed by atoms with Crippen molar-refractivity contribution >= 4 is 5.69 Å². The molecule has 0 amide bonds. The van der Waals surface area contributed by atoms with Crippen LogP contribution in [-0.4, -0.2) is 19.7 Å². The molecule has 1 aromatic carbocycles. The van der Waals surface area contributed by atoms with E-state index in [1.165, 1.54) is 0 Å². The van der Waals surface area contributed by atoms with Crippen molar-refractivity contribution in [3.05, 3.63) is 36.4 Å². The van der Waals surface area contributed by atoms with Gasteiger partial charge in [0.15, 0.2) is 0 Å². The molecule has 0 fully saturated rings. The van der Waals surface area contributed by atoms with E-state index in [4.69, 9.17) is 10.5 Å². The van der Waals surface area contributed by atoms with Gasteiger partial charge in [-0.15, -0.1) is 0 Å². The molecule has 0 aliphatic rings. The minimum atomic E-state index is 0.573. The predicted molar refractivity (Wildman–Crippen MR) is 73.5 cm³/mol. The van der Waals surface area contributed by atoms with Gasteiger partial charge in [0.05, 0.1) is 0 Å². The number of hydrogen-bond donors (Lipinski definition) is 2. The highest BCUT2D eigenvalue weighted by Crippen LogP contribution is 2.16. The molecular formula is C14H22N2O. The van der Waals surface area contributed by atoms with Crippen LogP contribution in [0.5, 0.6) is 5.75 Å². The fourth-order valence-corrected chi connectivity index (χ4v) is 1.38. The van der Waals surface area contributed by atoms with E-state index in [9.17, 15) is 0 Å². The van der Waals surface area contributed by atoms with Crippen molar-refractivity contribution in [2.45, 2.75) is 19.8 Å². The fraction of sp³-hybridized carbons (Fsp3) is 0.429. The van der Waals surface area contributed by atoms with Gasteiger partial charge in [-0.05, 0) is 56.1 Å². The molecule has 0 unspecified atom stereocenters. The Balaban J connectivity index is 2.31. The Bertz CT molecular complexity index is 333. The molecule has 0 aliphatic carbocycles. The first-order chi connectivity index (χ1) is 8.22. The van der Waals surface area contributed by atoms with Crippen LogP contribution in [0.1, 0.15) is 19.8 Å². The minimum absolute atomic E-state index is 0.573. The Morgan fingerprint density at radius 3 is 2.59 bits per heavy atom. The number of nitrogens with one attached hydrogen (secondary N) is 1. The molecule has 0 saturated carbocycles. The van der Waals surface area contributed by atoms with Crippen molar-refractivity contribution in [1.29, 1.82) is 0 Å². The lowest BCUT2D eigenvalue weighted by atomic mass is 10.2. The van der Waals surface area contributed by atoms with Crippen LogP contribution in [0.3, 0.4) is 0 Å². The lowest BCUT2D eigenvalue weighted by molar-refractivity contribution is 0.353. The molecule has 3 N–H and O–H groups in total. The Morgan fingerprint density at radius 2 is 2.00 bits per heavy atom. The molecule has 17 heavy (non-hydrogen) atoms. The van der Waals surface area contributed by atoms with Crippen LogP contribution in [0.4, 0.5) is 5.69 Å². The largest absolute Gasteiger partial charge is 0.489 e. The Morgan fingerprint density at radius 1 is 1.29 bits per heavy atom. The second-order valence-electron chi connectivity index (χ2n) is 4.19. The third kappa shape index (κ3) is 5.97. The van der Waals surface area contributed by atoms with Crippen molar-refractivity contribution < 1.29 is 4.74 Å². The van der Waals surface area contributed by atoms with Gasteiger partial charge in [0.1, 0.15) is 12.4 Å². The lowest BCUT2D eigenvalue weighted by Gasteiger charge is -2.08. The van der Waals surface area contributed by atoms with Crippen molar-refractivity contribution in [1.82, 2.24) is 0 Å². The van der Waals surface area contributed by atoms with Crippen LogP contribution in [-0.2, 0) is 0 Å². The zero-order valence-corrected chi connectivity index (χ0v) is 10.5. The molecule has 94 valence electrons. The van der Waals surface area contributed by atoms with E-state index in [1.807, 2.05) is 31.2 Å². The summed E-state index contributed by atoms with van der Waals surface area (Å²) in [5.41, 5.74) is 7.57. The molecule has 0 bridgehead atoms. The molecule has 3 heteroatoms. The zero-order chi connectivity index (χ0) is 12.5. The van der Waals surface area contributed by atoms with Crippen molar-refractivity contribution in [2.75, 3.05) is 25.0 Å². The van der Waals surface area contributed by atoms with Gasteiger partial charge in [-0.1, -0.05) is 6.58 Å². The average molecular weight is 234 g/mol. The number of ether oxygens (including phenoxy) is 1. The molecule has 1 rings (SSSR count). The third-order valence-corrected chi connectivity index (χ3v) is 2.30. The van der Waals surface area contributed by atoms with E-state index in [0.29, 0.717) is 6.61 Å². The standard InChI is InChI=1S/C14H22N2O/c1-12(2)11-17-14-7-5-13(6-8-14)16-10-4-3-9-15/h5-8,16H,1,3-4,9-11,15H2,2H3. The molecule has 0 saturated heterocycles. The summed E-state index contributed by atoms with van der Waals surface area (Å²) >= 11 is 0. The highest BCUT2D eigenvalue weighted by atomic mass is 16.5. The summed E-state index contributed by atoms with van der Waals surface area (Å²) in [6.45, 7) is 8.04. The van der Waals surface area contributed by atoms with Gasteiger partial charge < -0.3 is 15.8 Å². The average Bonchev–Trinajstić information content (AvgIpc) is 2.33. The topological polar surface area (TPSA) is 47.3 Å². The molecular weight excluding hydrogens is 212 g/mol. The normalized spacial score (nSPS) is 10.0. The van der Waals surface area contributed by atoms with Gasteiger partial charge in [-0.25, -0.2) is 0 Å². The van der Waals surface area contributed by atoms with Gasteiger partial charge in [0.25, 0.3) is 0 Å². The number of benzene rings is 1. The summed E-state index contributed by atoms with van der Waals surface area (Å²) in [6.07, 6.45) is 2.16. The van der Waals surface area contributed by atoms with E-state index in [1.54, 1.807) is 0 Å². The summed E-state index contributed by atoms with van der Waals surface area (Å²) in [5.74, 6) is 0.875. The number of hydrogen-bond acceptors (Lipinski definition) is 3. The quantitative estimate of drug-likeness (QED) is 0.537. The summed E-state index contributed by atoms with van der Waals surface area (Å²) in [7, 11) is 0. The number of unbranched alkanes of at least 4 members (excludes halogenated alkanes) is 1. The fourth-order valence-electron chi connectivity index (χ4n) is 1.38. The van der Waals surface area contributed by atoms with Crippen LogP contribution in [0.2, 0.25) is 0 Å². The summed E-state index contributed by atoms with van der Waals surface area (Å²) < 4.78 is 5.52. The molecule has 3 nitrogen and oxygen atoms in total. The van der Waals surface area contributed by atoms with Crippen molar-refractivity contribution in [3.63, 3.8) is 0 Å². The summed E-state index contributed by atoms with van der Waals surface area (Å²) in [4.78, 5) is 0. The van der Waals surface area contributed by atoms with Gasteiger partial charge >= 0.3 is 0 Å². The molecule has 1 aromatic rings. The van der Waals surface area contributed by atoms with Crippen LogP contribution in [0.25, 0.3) is 0 Å². The highest BCUT2D eigenvalue weighted by molar-refractivity contribution is 5.46. The van der Waals surface area contributed by atoms with Crippen LogP contribution in [0, 0.1) is 0 Å². The Kier molecular flexibility index (Phi) is 6.18. The first kappa shape index (κ1) is 13.6. The zero-order valence-electron chi connectivity index (χ0n) is 10.5. The van der Waals surface area contributed by atoms with Crippen molar-refractivity contribution in [2.24, 2.45) is 5.73 Å². The monoisotopic (exact) mass is 234 g/mol. The maximum absolute atomic E-state index is 5.52. The summed E-state index contributed by atoms with van der Waals surface area (Å²) in [5, 5.41) is 3.34. The maximum atomic E-state index is 5.52. The number of anilines is 1. The van der Waals surface area contributed by atoms with Gasteiger partial charge in [0, 0.05) is 12.2 Å². The first-order valence-electron chi connectivity index (χ1n) is 6.03. The van der Waals surface area contributed by atoms with Crippen molar-refractivity contribution in [3.8, 4) is 5.75 Å². The molecule has 0 aromatic heterocycles. The van der Waals surface area contributed by atoms with Crippen LogP contribution >= 0.6 is 0 Å². The molecule has 0 heterocycles. The minimum Gasteiger partial charge on any atom is -0.489 e. The third-order valence-electron chi connectivity index (χ3n) is 2.30. The Hall–Kier alpha value is -1.48.